The number of H-pyrrole nitrogens is 1. The van der Waals surface area contributed by atoms with Crippen LogP contribution in [0.2, 0.25) is 0 Å². The van der Waals surface area contributed by atoms with Gasteiger partial charge in [0, 0.05) is 34.0 Å². The monoisotopic (exact) mass is 565 g/mol. The summed E-state index contributed by atoms with van der Waals surface area (Å²) in [5, 5.41) is 27.5. The number of pyridine rings is 1. The van der Waals surface area contributed by atoms with Gasteiger partial charge in [-0.3, -0.25) is 10.1 Å². The summed E-state index contributed by atoms with van der Waals surface area (Å²) >= 11 is 0. The van der Waals surface area contributed by atoms with Crippen molar-refractivity contribution in [3.8, 4) is 11.3 Å². The molecule has 7 nitrogen and oxygen atoms in total. The number of rotatable bonds is 3. The Morgan fingerprint density at radius 2 is 1.49 bits per heavy atom. The van der Waals surface area contributed by atoms with E-state index in [1.165, 1.54) is 65.4 Å². The van der Waals surface area contributed by atoms with Crippen LogP contribution in [0.5, 0.6) is 0 Å². The molecule has 7 aromatic rings. The van der Waals surface area contributed by atoms with Crippen molar-refractivity contribution < 1.29 is 14.8 Å². The largest absolute Gasteiger partial charge is 0.477 e. The third-order valence-electron chi connectivity index (χ3n) is 8.32. The molecule has 7 heteroatoms. The molecule has 2 heterocycles. The molecule has 0 spiro atoms. The fourth-order valence-electron chi connectivity index (χ4n) is 6.25. The highest BCUT2D eigenvalue weighted by Gasteiger charge is 2.17. The number of para-hydroxylation sites is 1. The van der Waals surface area contributed by atoms with Crippen molar-refractivity contribution in [2.45, 2.75) is 25.7 Å². The number of benzene rings is 5. The first-order valence-corrected chi connectivity index (χ1v) is 14.3. The first-order chi connectivity index (χ1) is 21.0. The highest BCUT2D eigenvalue weighted by atomic mass is 16.6. The topological polar surface area (TPSA) is 109 Å². The van der Waals surface area contributed by atoms with Gasteiger partial charge in [0.05, 0.1) is 16.1 Å². The van der Waals surface area contributed by atoms with E-state index in [2.05, 4.69) is 58.5 Å². The van der Waals surface area contributed by atoms with Gasteiger partial charge in [-0.15, -0.1) is 0 Å². The molecule has 5 aromatic carbocycles. The third-order valence-corrected chi connectivity index (χ3v) is 8.32. The van der Waals surface area contributed by atoms with E-state index < -0.39 is 10.9 Å². The molecule has 1 aliphatic rings. The number of aryl methyl sites for hydroxylation is 2. The van der Waals surface area contributed by atoms with Crippen molar-refractivity contribution in [1.29, 1.82) is 0 Å². The Labute approximate surface area is 246 Å². The van der Waals surface area contributed by atoms with Crippen LogP contribution >= 0.6 is 0 Å². The van der Waals surface area contributed by atoms with Gasteiger partial charge in [0.1, 0.15) is 5.69 Å². The van der Waals surface area contributed by atoms with E-state index in [4.69, 9.17) is 0 Å². The van der Waals surface area contributed by atoms with Gasteiger partial charge in [-0.25, -0.2) is 9.78 Å². The molecule has 210 valence electrons. The van der Waals surface area contributed by atoms with E-state index in [0.29, 0.717) is 16.8 Å². The van der Waals surface area contributed by atoms with Crippen LogP contribution in [-0.2, 0) is 12.8 Å². The van der Waals surface area contributed by atoms with Crippen LogP contribution in [0.4, 0.5) is 5.69 Å². The van der Waals surface area contributed by atoms with E-state index in [0.717, 1.165) is 16.3 Å². The van der Waals surface area contributed by atoms with Crippen molar-refractivity contribution in [2.75, 3.05) is 0 Å². The number of nitro benzene ring substituents is 1. The molecule has 0 radical (unpaired) electrons. The SMILES string of the molecule is O=C(O)c1cc2c([nH]c3ccccc32)c(-c2ccc([N+](=O)[O-])cc2)n1.c1ccc2c(c1)ccc1c3c(ccc12)CCCC3. The zero-order valence-corrected chi connectivity index (χ0v) is 23.2. The van der Waals surface area contributed by atoms with Crippen LogP contribution < -0.4 is 0 Å². The lowest BCUT2D eigenvalue weighted by Crippen LogP contribution is -2.02. The predicted molar refractivity (Wildman–Crippen MR) is 171 cm³/mol. The minimum atomic E-state index is -1.13. The Morgan fingerprint density at radius 1 is 0.767 bits per heavy atom. The van der Waals surface area contributed by atoms with Crippen molar-refractivity contribution in [1.82, 2.24) is 9.97 Å². The number of aromatic carboxylic acids is 1. The molecule has 0 saturated carbocycles. The summed E-state index contributed by atoms with van der Waals surface area (Å²) in [5.41, 5.74) is 5.67. The normalized spacial score (nSPS) is 12.7. The number of aromatic amines is 1. The average molecular weight is 566 g/mol. The summed E-state index contributed by atoms with van der Waals surface area (Å²) in [4.78, 5) is 29.3. The first kappa shape index (κ1) is 26.3. The Kier molecular flexibility index (Phi) is 6.55. The predicted octanol–water partition coefficient (Wildman–Crippen LogP) is 8.86. The lowest BCUT2D eigenvalue weighted by atomic mass is 9.86. The van der Waals surface area contributed by atoms with Gasteiger partial charge < -0.3 is 10.1 Å². The number of hydrogen-bond acceptors (Lipinski definition) is 4. The maximum Gasteiger partial charge on any atom is 0.354 e. The summed E-state index contributed by atoms with van der Waals surface area (Å²) in [6, 6.07) is 32.9. The van der Waals surface area contributed by atoms with Crippen LogP contribution in [0.15, 0.2) is 103 Å². The standard InChI is InChI=1S/C18H11N3O4.C18H16/c22-18(23)15-9-13-12-3-1-2-4-14(12)19-17(13)16(20-15)10-5-7-11(8-6-10)21(24)25;1-3-7-15-13(5-1)9-11-18-16-8-4-2-6-14(16)10-12-17(15)18/h1-9,19H,(H,22,23);1,3,5,7,9-12H,2,4,6,8H2. The number of nitro groups is 1. The van der Waals surface area contributed by atoms with Crippen LogP contribution in [-0.4, -0.2) is 26.0 Å². The van der Waals surface area contributed by atoms with Crippen LogP contribution in [0.25, 0.3) is 54.6 Å². The second kappa shape index (κ2) is 10.7. The number of carboxylic acids is 1. The van der Waals surface area contributed by atoms with Gasteiger partial charge in [0.2, 0.25) is 0 Å². The minimum Gasteiger partial charge on any atom is -0.477 e. The zero-order valence-electron chi connectivity index (χ0n) is 23.2. The number of fused-ring (bicyclic) bond motifs is 8. The molecule has 0 amide bonds. The Morgan fingerprint density at radius 3 is 2.28 bits per heavy atom. The number of aromatic nitrogens is 2. The maximum absolute atomic E-state index is 11.5. The van der Waals surface area contributed by atoms with Crippen molar-refractivity contribution >= 4 is 55.0 Å². The minimum absolute atomic E-state index is 0.0361. The highest BCUT2D eigenvalue weighted by molar-refractivity contribution is 6.12. The smallest absolute Gasteiger partial charge is 0.354 e. The van der Waals surface area contributed by atoms with Gasteiger partial charge in [0.15, 0.2) is 0 Å². The number of non-ortho nitro benzene ring substituents is 1. The van der Waals surface area contributed by atoms with Crippen molar-refractivity contribution in [2.24, 2.45) is 0 Å². The summed E-state index contributed by atoms with van der Waals surface area (Å²) in [7, 11) is 0. The Bertz CT molecular complexity index is 2200. The molecule has 1 aliphatic carbocycles. The van der Waals surface area contributed by atoms with E-state index in [1.807, 2.05) is 24.3 Å². The van der Waals surface area contributed by atoms with E-state index >= 15 is 0 Å². The fraction of sp³-hybridized carbons (Fsp3) is 0.111. The number of carbonyl (C=O) groups is 1. The maximum atomic E-state index is 11.5. The molecule has 0 aliphatic heterocycles. The molecule has 0 fully saturated rings. The number of hydrogen-bond donors (Lipinski definition) is 2. The van der Waals surface area contributed by atoms with Gasteiger partial charge in [-0.05, 0) is 82.6 Å². The van der Waals surface area contributed by atoms with Gasteiger partial charge in [-0.1, -0.05) is 66.7 Å². The van der Waals surface area contributed by atoms with Gasteiger partial charge in [-0.2, -0.15) is 0 Å². The number of nitrogens with one attached hydrogen (secondary N) is 1. The molecule has 0 atom stereocenters. The number of nitrogens with zero attached hydrogens (tertiary/aromatic N) is 2. The molecule has 2 N–H and O–H groups in total. The highest BCUT2D eigenvalue weighted by Crippen LogP contribution is 2.34. The summed E-state index contributed by atoms with van der Waals surface area (Å²) in [6.07, 6.45) is 5.22. The van der Waals surface area contributed by atoms with E-state index in [9.17, 15) is 20.0 Å². The first-order valence-electron chi connectivity index (χ1n) is 14.3. The fourth-order valence-corrected chi connectivity index (χ4v) is 6.25. The van der Waals surface area contributed by atoms with Crippen LogP contribution in [0.3, 0.4) is 0 Å². The lowest BCUT2D eigenvalue weighted by Gasteiger charge is -2.18. The summed E-state index contributed by atoms with van der Waals surface area (Å²) < 4.78 is 0. The van der Waals surface area contributed by atoms with Crippen LogP contribution in [0, 0.1) is 10.1 Å². The number of carboxylic acid groups (broad SMARTS) is 1. The average Bonchev–Trinajstić information content (AvgIpc) is 3.43. The summed E-state index contributed by atoms with van der Waals surface area (Å²) in [5.74, 6) is -1.13. The zero-order chi connectivity index (χ0) is 29.5. The quantitative estimate of drug-likeness (QED) is 0.126. The van der Waals surface area contributed by atoms with Crippen molar-refractivity contribution in [3.63, 3.8) is 0 Å². The molecular weight excluding hydrogens is 538 g/mol. The molecule has 8 rings (SSSR count). The summed E-state index contributed by atoms with van der Waals surface area (Å²) in [6.45, 7) is 0. The van der Waals surface area contributed by atoms with E-state index in [1.54, 1.807) is 23.3 Å². The van der Waals surface area contributed by atoms with Gasteiger partial charge >= 0.3 is 5.97 Å². The molecule has 2 aromatic heterocycles. The lowest BCUT2D eigenvalue weighted by molar-refractivity contribution is -0.384. The van der Waals surface area contributed by atoms with Crippen LogP contribution in [0.1, 0.15) is 34.5 Å². The second-order valence-corrected chi connectivity index (χ2v) is 10.9. The Balaban J connectivity index is 0.000000147. The molecule has 0 bridgehead atoms. The molecular formula is C36H27N3O4. The molecule has 0 unspecified atom stereocenters. The molecule has 43 heavy (non-hydrogen) atoms. The van der Waals surface area contributed by atoms with E-state index in [-0.39, 0.29) is 11.4 Å². The van der Waals surface area contributed by atoms with Crippen molar-refractivity contribution in [3.05, 3.63) is 130 Å². The second-order valence-electron chi connectivity index (χ2n) is 10.9. The molecule has 0 saturated heterocycles. The Hall–Kier alpha value is -5.56. The van der Waals surface area contributed by atoms with Gasteiger partial charge in [0.25, 0.3) is 5.69 Å². The third kappa shape index (κ3) is 4.75.